The van der Waals surface area contributed by atoms with Gasteiger partial charge < -0.3 is 28.8 Å². The molecule has 2 aromatic rings. The maximum absolute atomic E-state index is 10.1. The predicted octanol–water partition coefficient (Wildman–Crippen LogP) is 4.29. The zero-order valence-electron chi connectivity index (χ0n) is 18.8. The molecule has 2 aromatic carbocycles. The monoisotopic (exact) mass is 418 g/mol. The third kappa shape index (κ3) is 5.18. The van der Waals surface area contributed by atoms with Crippen LogP contribution in [0.4, 0.5) is 0 Å². The number of aliphatic hydroxyl groups is 1. The van der Waals surface area contributed by atoms with E-state index in [1.807, 2.05) is 50.2 Å². The number of hydrogen-bond donors (Lipinski definition) is 1. The lowest BCUT2D eigenvalue weighted by Gasteiger charge is -2.22. The minimum Gasteiger partial charge on any atom is -0.493 e. The molecule has 0 spiro atoms. The molecule has 166 valence electrons. The van der Waals surface area contributed by atoms with Crippen molar-refractivity contribution in [3.8, 4) is 23.0 Å². The standard InChI is InChI=1S/C22H28O6.C2H6/c1-24-18-7-5-14(10-20(18)26-3)9-16-13-28-22(17(16)12-23)15-6-8-19(25-2)21(11-15)27-4;1-2/h5-8,10-11,16-17,22-23H,9,12-13H2,1-4H3;1-2H3/t16-,17-,22?;/m0./s1. The fourth-order valence-electron chi connectivity index (χ4n) is 3.86. The fourth-order valence-corrected chi connectivity index (χ4v) is 3.86. The van der Waals surface area contributed by atoms with Crippen LogP contribution in [0.25, 0.3) is 0 Å². The molecule has 1 N–H and O–H groups in total. The van der Waals surface area contributed by atoms with Crippen molar-refractivity contribution >= 4 is 0 Å². The Morgan fingerprint density at radius 2 is 1.40 bits per heavy atom. The summed E-state index contributed by atoms with van der Waals surface area (Å²) in [7, 11) is 6.47. The molecule has 6 nitrogen and oxygen atoms in total. The van der Waals surface area contributed by atoms with Gasteiger partial charge in [0.2, 0.25) is 0 Å². The van der Waals surface area contributed by atoms with Crippen molar-refractivity contribution in [2.45, 2.75) is 26.4 Å². The molecule has 3 atom stereocenters. The van der Waals surface area contributed by atoms with Crippen LogP contribution in [0.2, 0.25) is 0 Å². The minimum atomic E-state index is -0.185. The van der Waals surface area contributed by atoms with Crippen molar-refractivity contribution in [3.63, 3.8) is 0 Å². The van der Waals surface area contributed by atoms with E-state index in [4.69, 9.17) is 23.7 Å². The van der Waals surface area contributed by atoms with Gasteiger partial charge in [-0.25, -0.2) is 0 Å². The van der Waals surface area contributed by atoms with E-state index < -0.39 is 0 Å². The first-order valence-electron chi connectivity index (χ1n) is 10.3. The van der Waals surface area contributed by atoms with Crippen molar-refractivity contribution < 1.29 is 28.8 Å². The van der Waals surface area contributed by atoms with Gasteiger partial charge in [0.25, 0.3) is 0 Å². The Kier molecular flexibility index (Phi) is 9.27. The van der Waals surface area contributed by atoms with Gasteiger partial charge in [-0.15, -0.1) is 0 Å². The van der Waals surface area contributed by atoms with E-state index >= 15 is 0 Å². The highest BCUT2D eigenvalue weighted by Gasteiger charge is 2.38. The SMILES string of the molecule is CC.COc1ccc(C[C@H]2COC(c3ccc(OC)c(OC)c3)[C@H]2CO)cc1OC. The first kappa shape index (κ1) is 23.8. The summed E-state index contributed by atoms with van der Waals surface area (Å²) in [6, 6.07) is 11.7. The van der Waals surface area contributed by atoms with Crippen LogP contribution in [-0.2, 0) is 11.2 Å². The zero-order valence-corrected chi connectivity index (χ0v) is 18.8. The molecule has 0 amide bonds. The molecule has 1 aliphatic rings. The van der Waals surface area contributed by atoms with Gasteiger partial charge in [-0.05, 0) is 47.7 Å². The fraction of sp³-hybridized carbons (Fsp3) is 0.500. The molecule has 1 unspecified atom stereocenters. The summed E-state index contributed by atoms with van der Waals surface area (Å²) in [5.41, 5.74) is 2.10. The van der Waals surface area contributed by atoms with Crippen LogP contribution < -0.4 is 18.9 Å². The average molecular weight is 419 g/mol. The van der Waals surface area contributed by atoms with E-state index in [0.717, 1.165) is 17.5 Å². The average Bonchev–Trinajstić information content (AvgIpc) is 3.22. The second kappa shape index (κ2) is 11.7. The van der Waals surface area contributed by atoms with E-state index in [1.165, 1.54) is 0 Å². The molecule has 0 bridgehead atoms. The summed E-state index contributed by atoms with van der Waals surface area (Å²) < 4.78 is 27.5. The van der Waals surface area contributed by atoms with E-state index in [0.29, 0.717) is 29.6 Å². The summed E-state index contributed by atoms with van der Waals surface area (Å²) in [4.78, 5) is 0. The maximum atomic E-state index is 10.1. The van der Waals surface area contributed by atoms with Gasteiger partial charge in [-0.1, -0.05) is 26.0 Å². The Bertz CT molecular complexity index is 791. The quantitative estimate of drug-likeness (QED) is 0.690. The third-order valence-corrected chi connectivity index (χ3v) is 5.38. The van der Waals surface area contributed by atoms with Crippen LogP contribution in [0.1, 0.15) is 31.1 Å². The first-order valence-corrected chi connectivity index (χ1v) is 10.3. The molecule has 1 fully saturated rings. The van der Waals surface area contributed by atoms with Gasteiger partial charge in [0, 0.05) is 12.5 Å². The smallest absolute Gasteiger partial charge is 0.161 e. The van der Waals surface area contributed by atoms with E-state index in [9.17, 15) is 5.11 Å². The summed E-state index contributed by atoms with van der Waals surface area (Å²) >= 11 is 0. The Morgan fingerprint density at radius 3 is 1.97 bits per heavy atom. The lowest BCUT2D eigenvalue weighted by molar-refractivity contribution is 0.0717. The minimum absolute atomic E-state index is 0.00815. The molecule has 1 heterocycles. The van der Waals surface area contributed by atoms with Crippen LogP contribution in [-0.4, -0.2) is 46.8 Å². The van der Waals surface area contributed by atoms with Gasteiger partial charge in [-0.2, -0.15) is 0 Å². The van der Waals surface area contributed by atoms with Crippen molar-refractivity contribution in [1.29, 1.82) is 0 Å². The van der Waals surface area contributed by atoms with Gasteiger partial charge in [0.05, 0.1) is 41.2 Å². The summed E-state index contributed by atoms with van der Waals surface area (Å²) in [6.07, 6.45) is 0.602. The Morgan fingerprint density at radius 1 is 0.833 bits per heavy atom. The second-order valence-electron chi connectivity index (χ2n) is 6.87. The topological polar surface area (TPSA) is 66.4 Å². The highest BCUT2D eigenvalue weighted by molar-refractivity contribution is 5.44. The van der Waals surface area contributed by atoms with Crippen LogP contribution in [0, 0.1) is 11.8 Å². The van der Waals surface area contributed by atoms with Crippen molar-refractivity contribution in [3.05, 3.63) is 47.5 Å². The second-order valence-corrected chi connectivity index (χ2v) is 6.87. The summed E-state index contributed by atoms with van der Waals surface area (Å²) in [5, 5.41) is 10.1. The lowest BCUT2D eigenvalue weighted by atomic mass is 9.84. The Hall–Kier alpha value is -2.44. The predicted molar refractivity (Wildman–Crippen MR) is 117 cm³/mol. The lowest BCUT2D eigenvalue weighted by Crippen LogP contribution is -2.21. The van der Waals surface area contributed by atoms with Crippen molar-refractivity contribution in [2.75, 3.05) is 41.7 Å². The molecule has 30 heavy (non-hydrogen) atoms. The zero-order chi connectivity index (χ0) is 22.1. The number of methoxy groups -OCH3 is 4. The number of hydrogen-bond acceptors (Lipinski definition) is 6. The Balaban J connectivity index is 0.00000155. The molecule has 1 saturated heterocycles. The van der Waals surface area contributed by atoms with Gasteiger partial charge in [0.1, 0.15) is 0 Å². The van der Waals surface area contributed by atoms with E-state index in [2.05, 4.69) is 0 Å². The van der Waals surface area contributed by atoms with Crippen LogP contribution in [0.15, 0.2) is 36.4 Å². The Labute approximate surface area is 179 Å². The van der Waals surface area contributed by atoms with E-state index in [-0.39, 0.29) is 24.5 Å². The van der Waals surface area contributed by atoms with Gasteiger partial charge in [-0.3, -0.25) is 0 Å². The van der Waals surface area contributed by atoms with Crippen LogP contribution in [0.3, 0.4) is 0 Å². The molecule has 0 aromatic heterocycles. The summed E-state index contributed by atoms with van der Waals surface area (Å²) in [6.45, 7) is 4.63. The third-order valence-electron chi connectivity index (χ3n) is 5.38. The number of benzene rings is 2. The maximum Gasteiger partial charge on any atom is 0.161 e. The molecule has 6 heteroatoms. The summed E-state index contributed by atoms with van der Waals surface area (Å²) in [5.74, 6) is 2.93. The number of rotatable bonds is 8. The molecule has 0 radical (unpaired) electrons. The molecule has 1 aliphatic heterocycles. The van der Waals surface area contributed by atoms with Crippen LogP contribution in [0.5, 0.6) is 23.0 Å². The highest BCUT2D eigenvalue weighted by atomic mass is 16.5. The molecule has 0 saturated carbocycles. The largest absolute Gasteiger partial charge is 0.493 e. The molecule has 3 rings (SSSR count). The normalized spacial score (nSPS) is 20.2. The number of ether oxygens (including phenoxy) is 5. The first-order chi connectivity index (χ1) is 14.6. The number of aliphatic hydroxyl groups excluding tert-OH is 1. The molecular weight excluding hydrogens is 384 g/mol. The van der Waals surface area contributed by atoms with Gasteiger partial charge >= 0.3 is 0 Å². The van der Waals surface area contributed by atoms with Crippen molar-refractivity contribution in [2.24, 2.45) is 11.8 Å². The van der Waals surface area contributed by atoms with Gasteiger partial charge in [0.15, 0.2) is 23.0 Å². The van der Waals surface area contributed by atoms with Crippen molar-refractivity contribution in [1.82, 2.24) is 0 Å². The molecular formula is C24H34O6. The van der Waals surface area contributed by atoms with Crippen LogP contribution >= 0.6 is 0 Å². The van der Waals surface area contributed by atoms with E-state index in [1.54, 1.807) is 28.4 Å². The highest BCUT2D eigenvalue weighted by Crippen LogP contribution is 2.42. The molecule has 0 aliphatic carbocycles.